The van der Waals surface area contributed by atoms with Crippen molar-refractivity contribution in [3.8, 4) is 11.3 Å². The van der Waals surface area contributed by atoms with Crippen LogP contribution >= 0.6 is 15.9 Å². The van der Waals surface area contributed by atoms with Gasteiger partial charge in [0.1, 0.15) is 5.82 Å². The van der Waals surface area contributed by atoms with Crippen molar-refractivity contribution in [1.82, 2.24) is 20.2 Å². The number of imidazole rings is 1. The number of aryl methyl sites for hydroxylation is 1. The van der Waals surface area contributed by atoms with Gasteiger partial charge in [-0.2, -0.15) is 0 Å². The molecule has 1 aliphatic rings. The van der Waals surface area contributed by atoms with Crippen molar-refractivity contribution >= 4 is 27.9 Å². The molecule has 0 saturated carbocycles. The number of ether oxygens (including phenoxy) is 1. The molecule has 8 heteroatoms. The summed E-state index contributed by atoms with van der Waals surface area (Å²) in [6, 6.07) is 5.83. The largest absolute Gasteiger partial charge is 0.453 e. The number of rotatable bonds is 6. The minimum absolute atomic E-state index is 0.0215. The summed E-state index contributed by atoms with van der Waals surface area (Å²) < 4.78 is 5.71. The quantitative estimate of drug-likeness (QED) is 0.668. The normalized spacial score (nSPS) is 17.2. The molecule has 7 nitrogen and oxygen atoms in total. The highest BCUT2D eigenvalue weighted by Crippen LogP contribution is 2.32. The number of nitrogens with one attached hydrogen (secondary N) is 2. The molecule has 2 heterocycles. The fourth-order valence-electron chi connectivity index (χ4n) is 3.66. The monoisotopic (exact) mass is 462 g/mol. The SMILES string of the molecule is CC[C@@H](CC(=O)N1CCC[C@H]1c1nc(-c2ccc(Br)c(C)c2)c[nH]1)NC(=O)OC. The summed E-state index contributed by atoms with van der Waals surface area (Å²) in [6.45, 7) is 4.69. The van der Waals surface area contributed by atoms with Crippen LogP contribution in [0.2, 0.25) is 0 Å². The van der Waals surface area contributed by atoms with Crippen molar-refractivity contribution < 1.29 is 14.3 Å². The Bertz CT molecular complexity index is 883. The number of hydrogen-bond acceptors (Lipinski definition) is 4. The molecule has 29 heavy (non-hydrogen) atoms. The number of halogens is 1. The van der Waals surface area contributed by atoms with E-state index in [4.69, 9.17) is 4.98 Å². The zero-order chi connectivity index (χ0) is 21.0. The molecule has 0 unspecified atom stereocenters. The Balaban J connectivity index is 1.72. The first kappa shape index (κ1) is 21.4. The summed E-state index contributed by atoms with van der Waals surface area (Å²) in [6.07, 6.45) is 4.11. The fourth-order valence-corrected chi connectivity index (χ4v) is 3.91. The molecule has 1 aromatic carbocycles. The Hall–Kier alpha value is -2.35. The molecular formula is C21H27BrN4O3. The minimum Gasteiger partial charge on any atom is -0.453 e. The molecule has 1 fully saturated rings. The van der Waals surface area contributed by atoms with Crippen molar-refractivity contribution in [1.29, 1.82) is 0 Å². The molecule has 0 spiro atoms. The van der Waals surface area contributed by atoms with Gasteiger partial charge in [0.25, 0.3) is 0 Å². The first-order valence-corrected chi connectivity index (χ1v) is 10.7. The van der Waals surface area contributed by atoms with E-state index in [1.807, 2.05) is 37.1 Å². The lowest BCUT2D eigenvalue weighted by Crippen LogP contribution is -2.40. The van der Waals surface area contributed by atoms with E-state index in [1.165, 1.54) is 7.11 Å². The lowest BCUT2D eigenvalue weighted by Gasteiger charge is -2.25. The average molecular weight is 463 g/mol. The topological polar surface area (TPSA) is 87.3 Å². The number of alkyl carbamates (subject to hydrolysis) is 1. The van der Waals surface area contributed by atoms with Crippen LogP contribution in [-0.2, 0) is 9.53 Å². The number of nitrogens with zero attached hydrogens (tertiary/aromatic N) is 2. The van der Waals surface area contributed by atoms with Crippen LogP contribution in [0.1, 0.15) is 50.0 Å². The summed E-state index contributed by atoms with van der Waals surface area (Å²) in [4.78, 5) is 34.3. The first-order valence-electron chi connectivity index (χ1n) is 9.88. The van der Waals surface area contributed by atoms with Crippen molar-refractivity contribution in [3.63, 3.8) is 0 Å². The molecular weight excluding hydrogens is 436 g/mol. The molecule has 0 aliphatic carbocycles. The third kappa shape index (κ3) is 4.98. The van der Waals surface area contributed by atoms with Crippen LogP contribution in [0.15, 0.2) is 28.9 Å². The summed E-state index contributed by atoms with van der Waals surface area (Å²) >= 11 is 3.52. The van der Waals surface area contributed by atoms with E-state index in [0.29, 0.717) is 13.0 Å². The number of benzene rings is 1. The third-order valence-electron chi connectivity index (χ3n) is 5.36. The molecule has 0 radical (unpaired) electrons. The van der Waals surface area contributed by atoms with Gasteiger partial charge in [-0.25, -0.2) is 9.78 Å². The Kier molecular flexibility index (Phi) is 6.95. The van der Waals surface area contributed by atoms with Crippen molar-refractivity contribution in [2.24, 2.45) is 0 Å². The maximum Gasteiger partial charge on any atom is 0.407 e. The van der Waals surface area contributed by atoms with Gasteiger partial charge in [-0.05, 0) is 43.9 Å². The maximum atomic E-state index is 12.9. The van der Waals surface area contributed by atoms with Gasteiger partial charge in [0.05, 0.1) is 18.8 Å². The van der Waals surface area contributed by atoms with E-state index < -0.39 is 6.09 Å². The summed E-state index contributed by atoms with van der Waals surface area (Å²) in [7, 11) is 1.32. The number of H-pyrrole nitrogens is 1. The standard InChI is InChI=1S/C21H27BrN4O3/c1-4-15(24-21(28)29-3)11-19(27)26-9-5-6-18(26)20-23-12-17(25-20)14-7-8-16(22)13(2)10-14/h7-8,10,12,15,18H,4-6,9,11H2,1-3H3,(H,23,25)(H,24,28)/t15-,18-/m0/s1. The van der Waals surface area contributed by atoms with Gasteiger partial charge in [0, 0.05) is 35.2 Å². The lowest BCUT2D eigenvalue weighted by atomic mass is 10.1. The van der Waals surface area contributed by atoms with Crippen LogP contribution in [0.25, 0.3) is 11.3 Å². The molecule has 0 bridgehead atoms. The Morgan fingerprint density at radius 1 is 1.45 bits per heavy atom. The Labute approximate surface area is 179 Å². The molecule has 2 atom stereocenters. The lowest BCUT2D eigenvalue weighted by molar-refractivity contribution is -0.132. The zero-order valence-electron chi connectivity index (χ0n) is 17.0. The van der Waals surface area contributed by atoms with Gasteiger partial charge < -0.3 is 19.9 Å². The van der Waals surface area contributed by atoms with Crippen LogP contribution in [0, 0.1) is 6.92 Å². The second kappa shape index (κ2) is 9.43. The Morgan fingerprint density at radius 2 is 2.24 bits per heavy atom. The van der Waals surface area contributed by atoms with Gasteiger partial charge in [0.2, 0.25) is 5.91 Å². The highest BCUT2D eigenvalue weighted by atomic mass is 79.9. The Morgan fingerprint density at radius 3 is 2.93 bits per heavy atom. The number of likely N-dealkylation sites (tertiary alicyclic amines) is 1. The predicted molar refractivity (Wildman–Crippen MR) is 114 cm³/mol. The molecule has 1 aromatic heterocycles. The summed E-state index contributed by atoms with van der Waals surface area (Å²) in [5, 5.41) is 2.72. The number of aromatic nitrogens is 2. The fraction of sp³-hybridized carbons (Fsp3) is 0.476. The molecule has 2 aromatic rings. The van der Waals surface area contributed by atoms with Crippen LogP contribution in [-0.4, -0.2) is 46.6 Å². The van der Waals surface area contributed by atoms with Crippen LogP contribution in [0.4, 0.5) is 4.79 Å². The van der Waals surface area contributed by atoms with Crippen LogP contribution in [0.3, 0.4) is 0 Å². The second-order valence-electron chi connectivity index (χ2n) is 7.33. The first-order chi connectivity index (χ1) is 13.9. The van der Waals surface area contributed by atoms with E-state index in [1.54, 1.807) is 0 Å². The molecule has 2 amide bonds. The maximum absolute atomic E-state index is 12.9. The van der Waals surface area contributed by atoms with Gasteiger partial charge >= 0.3 is 6.09 Å². The number of carbonyl (C=O) groups is 2. The predicted octanol–water partition coefficient (Wildman–Crippen LogP) is 4.34. The smallest absolute Gasteiger partial charge is 0.407 e. The van der Waals surface area contributed by atoms with Gasteiger partial charge in [-0.3, -0.25) is 4.79 Å². The van der Waals surface area contributed by atoms with Gasteiger partial charge in [-0.1, -0.05) is 28.9 Å². The van der Waals surface area contributed by atoms with Crippen molar-refractivity contribution in [3.05, 3.63) is 40.3 Å². The molecule has 1 aliphatic heterocycles. The zero-order valence-corrected chi connectivity index (χ0v) is 18.6. The summed E-state index contributed by atoms with van der Waals surface area (Å²) in [5.41, 5.74) is 3.06. The van der Waals surface area contributed by atoms with E-state index in [0.717, 1.165) is 40.0 Å². The van der Waals surface area contributed by atoms with Gasteiger partial charge in [-0.15, -0.1) is 0 Å². The molecule has 2 N–H and O–H groups in total. The second-order valence-corrected chi connectivity index (χ2v) is 8.18. The van der Waals surface area contributed by atoms with Crippen LogP contribution in [0.5, 0.6) is 0 Å². The van der Waals surface area contributed by atoms with E-state index in [9.17, 15) is 9.59 Å². The van der Waals surface area contributed by atoms with Crippen molar-refractivity contribution in [2.45, 2.75) is 51.6 Å². The minimum atomic E-state index is -0.511. The number of hydrogen-bond donors (Lipinski definition) is 2. The molecule has 1 saturated heterocycles. The number of carbonyl (C=O) groups excluding carboxylic acids is 2. The molecule has 3 rings (SSSR count). The third-order valence-corrected chi connectivity index (χ3v) is 6.25. The number of aromatic amines is 1. The van der Waals surface area contributed by atoms with Crippen LogP contribution < -0.4 is 5.32 Å². The number of methoxy groups -OCH3 is 1. The van der Waals surface area contributed by atoms with E-state index >= 15 is 0 Å². The van der Waals surface area contributed by atoms with Crippen molar-refractivity contribution in [2.75, 3.05) is 13.7 Å². The number of amides is 2. The summed E-state index contributed by atoms with van der Waals surface area (Å²) in [5.74, 6) is 0.827. The highest BCUT2D eigenvalue weighted by molar-refractivity contribution is 9.10. The van der Waals surface area contributed by atoms with E-state index in [-0.39, 0.29) is 24.4 Å². The average Bonchev–Trinajstić information content (AvgIpc) is 3.38. The molecule has 156 valence electrons. The highest BCUT2D eigenvalue weighted by Gasteiger charge is 2.33. The van der Waals surface area contributed by atoms with Gasteiger partial charge in [0.15, 0.2) is 0 Å². The van der Waals surface area contributed by atoms with E-state index in [2.05, 4.69) is 37.0 Å².